The molecule has 1 aliphatic heterocycles. The summed E-state index contributed by atoms with van der Waals surface area (Å²) in [4.78, 5) is 15.2. The highest BCUT2D eigenvalue weighted by Gasteiger charge is 2.24. The van der Waals surface area contributed by atoms with Crippen molar-refractivity contribution >= 4 is 5.91 Å². The lowest BCUT2D eigenvalue weighted by molar-refractivity contribution is 0.0905. The number of benzene rings is 1. The van der Waals surface area contributed by atoms with Crippen LogP contribution in [0.2, 0.25) is 0 Å². The van der Waals surface area contributed by atoms with Crippen LogP contribution in [0.5, 0.6) is 0 Å². The SMILES string of the molecule is O=C(NC1CCN(CC2CCCC2)CC1)c1ccc(Cn2cccn2)cc1. The highest BCUT2D eigenvalue weighted by molar-refractivity contribution is 5.94. The molecule has 5 heteroatoms. The summed E-state index contributed by atoms with van der Waals surface area (Å²) in [5, 5.41) is 7.45. The first-order chi connectivity index (χ1) is 13.3. The molecule has 4 rings (SSSR count). The first kappa shape index (κ1) is 18.2. The Balaban J connectivity index is 1.23. The highest BCUT2D eigenvalue weighted by atomic mass is 16.1. The molecular weight excluding hydrogens is 336 g/mol. The first-order valence-corrected chi connectivity index (χ1v) is 10.4. The van der Waals surface area contributed by atoms with Crippen molar-refractivity contribution in [1.82, 2.24) is 20.0 Å². The molecule has 2 aliphatic rings. The molecule has 0 spiro atoms. The van der Waals surface area contributed by atoms with Crippen LogP contribution in [0, 0.1) is 5.92 Å². The van der Waals surface area contributed by atoms with Gasteiger partial charge in [0.15, 0.2) is 0 Å². The van der Waals surface area contributed by atoms with Gasteiger partial charge in [-0.15, -0.1) is 0 Å². The summed E-state index contributed by atoms with van der Waals surface area (Å²) >= 11 is 0. The van der Waals surface area contributed by atoms with Gasteiger partial charge in [0.2, 0.25) is 0 Å². The molecule has 1 N–H and O–H groups in total. The van der Waals surface area contributed by atoms with E-state index in [9.17, 15) is 4.79 Å². The molecule has 27 heavy (non-hydrogen) atoms. The molecule has 1 aliphatic carbocycles. The number of piperidine rings is 1. The Labute approximate surface area is 161 Å². The molecule has 1 aromatic heterocycles. The summed E-state index contributed by atoms with van der Waals surface area (Å²) in [7, 11) is 0. The average Bonchev–Trinajstić information content (AvgIpc) is 3.38. The molecule has 0 bridgehead atoms. The molecule has 1 amide bonds. The summed E-state index contributed by atoms with van der Waals surface area (Å²) in [6.07, 6.45) is 11.5. The van der Waals surface area contributed by atoms with Gasteiger partial charge in [0.05, 0.1) is 6.54 Å². The maximum Gasteiger partial charge on any atom is 0.251 e. The Morgan fingerprint density at radius 2 is 1.81 bits per heavy atom. The molecule has 0 radical (unpaired) electrons. The summed E-state index contributed by atoms with van der Waals surface area (Å²) in [6, 6.07) is 10.1. The van der Waals surface area contributed by atoms with Crippen molar-refractivity contribution in [2.45, 2.75) is 51.1 Å². The number of nitrogens with one attached hydrogen (secondary N) is 1. The maximum absolute atomic E-state index is 12.6. The van der Waals surface area contributed by atoms with Crippen LogP contribution in [0.4, 0.5) is 0 Å². The van der Waals surface area contributed by atoms with Crippen molar-refractivity contribution in [2.75, 3.05) is 19.6 Å². The van der Waals surface area contributed by atoms with E-state index in [4.69, 9.17) is 0 Å². The number of hydrogen-bond acceptors (Lipinski definition) is 3. The Morgan fingerprint density at radius 1 is 1.07 bits per heavy atom. The largest absolute Gasteiger partial charge is 0.349 e. The van der Waals surface area contributed by atoms with Crippen molar-refractivity contribution in [1.29, 1.82) is 0 Å². The number of rotatable bonds is 6. The second-order valence-corrected chi connectivity index (χ2v) is 8.10. The Hall–Kier alpha value is -2.14. The summed E-state index contributed by atoms with van der Waals surface area (Å²) in [6.45, 7) is 4.22. The number of hydrogen-bond donors (Lipinski definition) is 1. The lowest BCUT2D eigenvalue weighted by Crippen LogP contribution is -2.45. The van der Waals surface area contributed by atoms with Gasteiger partial charge >= 0.3 is 0 Å². The maximum atomic E-state index is 12.6. The first-order valence-electron chi connectivity index (χ1n) is 10.4. The minimum atomic E-state index is 0.0508. The van der Waals surface area contributed by atoms with Crippen LogP contribution in [-0.2, 0) is 6.54 Å². The van der Waals surface area contributed by atoms with E-state index >= 15 is 0 Å². The number of carbonyl (C=O) groups is 1. The molecule has 5 nitrogen and oxygen atoms in total. The predicted molar refractivity (Wildman–Crippen MR) is 107 cm³/mol. The van der Waals surface area contributed by atoms with Gasteiger partial charge in [-0.25, -0.2) is 0 Å². The number of nitrogens with zero attached hydrogens (tertiary/aromatic N) is 3. The normalized spacial score (nSPS) is 19.4. The van der Waals surface area contributed by atoms with Gasteiger partial charge in [0.25, 0.3) is 5.91 Å². The molecule has 0 unspecified atom stereocenters. The fourth-order valence-electron chi connectivity index (χ4n) is 4.43. The molecule has 1 aromatic carbocycles. The smallest absolute Gasteiger partial charge is 0.251 e. The van der Waals surface area contributed by atoms with E-state index in [1.807, 2.05) is 41.2 Å². The number of amides is 1. The predicted octanol–water partition coefficient (Wildman–Crippen LogP) is 3.32. The van der Waals surface area contributed by atoms with Gasteiger partial charge in [-0.05, 0) is 55.4 Å². The highest BCUT2D eigenvalue weighted by Crippen LogP contribution is 2.26. The van der Waals surface area contributed by atoms with Crippen molar-refractivity contribution in [3.63, 3.8) is 0 Å². The standard InChI is InChI=1S/C22H30N4O/c27-22(20-8-6-19(7-9-20)17-26-13-3-12-23-26)24-21-10-14-25(15-11-21)16-18-4-1-2-5-18/h3,6-9,12-13,18,21H,1-2,4-5,10-11,14-17H2,(H,24,27). The Kier molecular flexibility index (Phi) is 5.87. The number of likely N-dealkylation sites (tertiary alicyclic amines) is 1. The topological polar surface area (TPSA) is 50.2 Å². The molecule has 144 valence electrons. The molecule has 2 heterocycles. The second kappa shape index (κ2) is 8.70. The minimum Gasteiger partial charge on any atom is -0.349 e. The van der Waals surface area contributed by atoms with Crippen LogP contribution < -0.4 is 5.32 Å². The zero-order valence-corrected chi connectivity index (χ0v) is 16.0. The van der Waals surface area contributed by atoms with Gasteiger partial charge in [-0.1, -0.05) is 25.0 Å². The van der Waals surface area contributed by atoms with Gasteiger partial charge in [0, 0.05) is 43.6 Å². The van der Waals surface area contributed by atoms with Gasteiger partial charge in [-0.3, -0.25) is 9.48 Å². The third-order valence-electron chi connectivity index (χ3n) is 6.03. The fourth-order valence-corrected chi connectivity index (χ4v) is 4.43. The lowest BCUT2D eigenvalue weighted by Gasteiger charge is -2.33. The van der Waals surface area contributed by atoms with E-state index in [0.29, 0.717) is 6.04 Å². The van der Waals surface area contributed by atoms with E-state index in [0.717, 1.165) is 49.5 Å². The Bertz CT molecular complexity index is 711. The number of aromatic nitrogens is 2. The molecule has 1 saturated carbocycles. The minimum absolute atomic E-state index is 0.0508. The summed E-state index contributed by atoms with van der Waals surface area (Å²) in [5.74, 6) is 0.964. The fraction of sp³-hybridized carbons (Fsp3) is 0.545. The molecule has 1 saturated heterocycles. The van der Waals surface area contributed by atoms with E-state index in [2.05, 4.69) is 15.3 Å². The quantitative estimate of drug-likeness (QED) is 0.853. The summed E-state index contributed by atoms with van der Waals surface area (Å²) in [5.41, 5.74) is 1.89. The molecule has 2 aromatic rings. The van der Waals surface area contributed by atoms with E-state index in [-0.39, 0.29) is 5.91 Å². The van der Waals surface area contributed by atoms with Crippen LogP contribution >= 0.6 is 0 Å². The van der Waals surface area contributed by atoms with E-state index in [1.165, 1.54) is 32.2 Å². The Morgan fingerprint density at radius 3 is 2.48 bits per heavy atom. The zero-order chi connectivity index (χ0) is 18.5. The van der Waals surface area contributed by atoms with Crippen molar-refractivity contribution in [3.05, 3.63) is 53.9 Å². The van der Waals surface area contributed by atoms with Crippen molar-refractivity contribution in [2.24, 2.45) is 5.92 Å². The summed E-state index contributed by atoms with van der Waals surface area (Å²) < 4.78 is 1.88. The van der Waals surface area contributed by atoms with Crippen LogP contribution in [0.15, 0.2) is 42.7 Å². The third-order valence-corrected chi connectivity index (χ3v) is 6.03. The van der Waals surface area contributed by atoms with Gasteiger partial charge < -0.3 is 10.2 Å². The molecular formula is C22H30N4O. The zero-order valence-electron chi connectivity index (χ0n) is 16.0. The lowest BCUT2D eigenvalue weighted by atomic mass is 10.0. The average molecular weight is 367 g/mol. The van der Waals surface area contributed by atoms with Crippen molar-refractivity contribution < 1.29 is 4.79 Å². The molecule has 2 fully saturated rings. The van der Waals surface area contributed by atoms with Gasteiger partial charge in [-0.2, -0.15) is 5.10 Å². The number of carbonyl (C=O) groups excluding carboxylic acids is 1. The van der Waals surface area contributed by atoms with Crippen molar-refractivity contribution in [3.8, 4) is 0 Å². The van der Waals surface area contributed by atoms with Crippen LogP contribution in [0.1, 0.15) is 54.4 Å². The van der Waals surface area contributed by atoms with E-state index in [1.54, 1.807) is 6.20 Å². The van der Waals surface area contributed by atoms with Crippen LogP contribution in [0.25, 0.3) is 0 Å². The second-order valence-electron chi connectivity index (χ2n) is 8.10. The van der Waals surface area contributed by atoms with Crippen LogP contribution in [-0.4, -0.2) is 46.3 Å². The van der Waals surface area contributed by atoms with E-state index < -0.39 is 0 Å². The molecule has 0 atom stereocenters. The monoisotopic (exact) mass is 366 g/mol. The van der Waals surface area contributed by atoms with Crippen LogP contribution in [0.3, 0.4) is 0 Å². The van der Waals surface area contributed by atoms with Gasteiger partial charge in [0.1, 0.15) is 0 Å². The third kappa shape index (κ3) is 4.98.